The summed E-state index contributed by atoms with van der Waals surface area (Å²) >= 11 is 1.33. The van der Waals surface area contributed by atoms with E-state index in [1.165, 1.54) is 39.9 Å². The molecule has 0 atom stereocenters. The molecular formula is C27H26BrF2N5O4S2. The van der Waals surface area contributed by atoms with Crippen molar-refractivity contribution < 1.29 is 26.7 Å². The van der Waals surface area contributed by atoms with E-state index in [1.807, 2.05) is 24.4 Å². The largest absolute Gasteiger partial charge is 0.435 e. The van der Waals surface area contributed by atoms with E-state index in [-0.39, 0.29) is 27.6 Å². The quantitative estimate of drug-likeness (QED) is 0.238. The van der Waals surface area contributed by atoms with Crippen LogP contribution in [0.4, 0.5) is 14.5 Å². The number of alkyl halides is 2. The molecule has 5 rings (SSSR count). The summed E-state index contributed by atoms with van der Waals surface area (Å²) in [4.78, 5) is 9.60. The van der Waals surface area contributed by atoms with Crippen molar-refractivity contribution in [2.75, 3.05) is 26.3 Å². The minimum atomic E-state index is -3.63. The molecule has 14 heteroatoms. The monoisotopic (exact) mass is 665 g/mol. The fourth-order valence-corrected chi connectivity index (χ4v) is 6.26. The number of hydrogen-bond acceptors (Lipinski definition) is 8. The molecule has 0 saturated carbocycles. The van der Waals surface area contributed by atoms with Gasteiger partial charge in [0.25, 0.3) is 0 Å². The maximum Gasteiger partial charge on any atom is 0.387 e. The van der Waals surface area contributed by atoms with Gasteiger partial charge in [0.2, 0.25) is 14.8 Å². The Morgan fingerprint density at radius 2 is 1.78 bits per heavy atom. The summed E-state index contributed by atoms with van der Waals surface area (Å²) in [5, 5.41) is 6.66. The highest BCUT2D eigenvalue weighted by atomic mass is 79.9. The molecule has 0 amide bonds. The van der Waals surface area contributed by atoms with Crippen LogP contribution in [-0.2, 0) is 14.8 Å². The smallest absolute Gasteiger partial charge is 0.387 e. The average Bonchev–Trinajstić information content (AvgIpc) is 3.36. The Kier molecular flexibility index (Phi) is 10.1. The number of aromatic nitrogens is 2. The highest BCUT2D eigenvalue weighted by Gasteiger charge is 2.26. The molecule has 4 aromatic rings. The van der Waals surface area contributed by atoms with Crippen molar-refractivity contribution in [1.82, 2.24) is 14.0 Å². The van der Waals surface area contributed by atoms with Crippen molar-refractivity contribution in [2.45, 2.75) is 18.4 Å². The topological polar surface area (TPSA) is 98.4 Å². The molecule has 1 aliphatic heterocycles. The molecule has 2 aromatic heterocycles. The molecule has 2 aromatic carbocycles. The molecule has 1 aliphatic rings. The summed E-state index contributed by atoms with van der Waals surface area (Å²) in [6, 6.07) is 16.3. The Bertz CT molecular complexity index is 1650. The molecule has 1 saturated heterocycles. The second-order valence-corrected chi connectivity index (χ2v) is 11.4. The van der Waals surface area contributed by atoms with Crippen LogP contribution in [0.5, 0.6) is 5.75 Å². The lowest BCUT2D eigenvalue weighted by molar-refractivity contribution is -0.0498. The fraction of sp³-hybridized carbons (Fsp3) is 0.222. The predicted octanol–water partition coefficient (Wildman–Crippen LogP) is 5.32. The number of halogens is 3. The Hall–Kier alpha value is -3.30. The van der Waals surface area contributed by atoms with Crippen LogP contribution in [0, 0.1) is 0 Å². The van der Waals surface area contributed by atoms with Crippen LogP contribution in [-0.4, -0.2) is 61.0 Å². The van der Waals surface area contributed by atoms with Crippen molar-refractivity contribution in [2.24, 2.45) is 10.1 Å². The van der Waals surface area contributed by atoms with Crippen LogP contribution in [0.15, 0.2) is 93.4 Å². The Labute approximate surface area is 250 Å². The number of ether oxygens (including phenoxy) is 2. The molecule has 216 valence electrons. The number of hydrogen-bond donors (Lipinski definition) is 0. The molecule has 0 bridgehead atoms. The van der Waals surface area contributed by atoms with E-state index in [1.54, 1.807) is 41.3 Å². The van der Waals surface area contributed by atoms with Crippen molar-refractivity contribution in [3.8, 4) is 17.0 Å². The zero-order valence-electron chi connectivity index (χ0n) is 21.8. The van der Waals surface area contributed by atoms with Gasteiger partial charge in [0.05, 0.1) is 35.2 Å². The molecule has 1 fully saturated rings. The summed E-state index contributed by atoms with van der Waals surface area (Å²) in [6.45, 7) is 0.304. The zero-order chi connectivity index (χ0) is 28.1. The van der Waals surface area contributed by atoms with E-state index in [2.05, 4.69) is 9.72 Å². The van der Waals surface area contributed by atoms with Gasteiger partial charge in [0.15, 0.2) is 0 Å². The van der Waals surface area contributed by atoms with Gasteiger partial charge in [0.1, 0.15) is 5.75 Å². The van der Waals surface area contributed by atoms with E-state index in [0.717, 1.165) is 5.56 Å². The lowest BCUT2D eigenvalue weighted by Crippen LogP contribution is -2.40. The zero-order valence-corrected chi connectivity index (χ0v) is 25.1. The lowest BCUT2D eigenvalue weighted by Gasteiger charge is -2.26. The molecular weight excluding hydrogens is 640 g/mol. The Balaban J connectivity index is 0.00000387. The van der Waals surface area contributed by atoms with Gasteiger partial charge in [-0.2, -0.15) is 18.2 Å². The number of pyridine rings is 1. The summed E-state index contributed by atoms with van der Waals surface area (Å²) in [6.07, 6.45) is 3.37. The van der Waals surface area contributed by atoms with Gasteiger partial charge >= 0.3 is 6.61 Å². The number of rotatable bonds is 8. The third-order valence-electron chi connectivity index (χ3n) is 6.06. The van der Waals surface area contributed by atoms with E-state index in [0.29, 0.717) is 53.8 Å². The van der Waals surface area contributed by atoms with Gasteiger partial charge < -0.3 is 9.47 Å². The summed E-state index contributed by atoms with van der Waals surface area (Å²) in [5.41, 5.74) is 3.43. The Morgan fingerprint density at radius 3 is 2.41 bits per heavy atom. The fourth-order valence-electron chi connectivity index (χ4n) is 4.00. The molecule has 0 spiro atoms. The molecule has 0 aliphatic carbocycles. The van der Waals surface area contributed by atoms with Gasteiger partial charge in [-0.15, -0.1) is 28.3 Å². The van der Waals surface area contributed by atoms with Gasteiger partial charge in [-0.25, -0.2) is 18.1 Å². The SMILES string of the molecule is Br.C/C(=N/n1c(-c2ccc(OC(F)F)cc2)csc1=Nc1ccc(S(=O)(=O)N2CCOCC2)cc1)c1cccnc1. The number of nitrogens with zero attached hydrogens (tertiary/aromatic N) is 5. The number of sulfonamides is 1. The molecule has 41 heavy (non-hydrogen) atoms. The summed E-state index contributed by atoms with van der Waals surface area (Å²) in [5.74, 6) is 0.0487. The van der Waals surface area contributed by atoms with E-state index in [9.17, 15) is 17.2 Å². The summed E-state index contributed by atoms with van der Waals surface area (Å²) in [7, 11) is -3.63. The number of thiazole rings is 1. The first kappa shape index (κ1) is 30.7. The van der Waals surface area contributed by atoms with Crippen LogP contribution < -0.4 is 9.54 Å². The van der Waals surface area contributed by atoms with Crippen molar-refractivity contribution in [3.05, 3.63) is 88.8 Å². The lowest BCUT2D eigenvalue weighted by atomic mass is 10.2. The van der Waals surface area contributed by atoms with Gasteiger partial charge in [-0.3, -0.25) is 4.98 Å². The number of benzene rings is 2. The number of morpholine rings is 1. The highest BCUT2D eigenvalue weighted by molar-refractivity contribution is 8.93. The minimum Gasteiger partial charge on any atom is -0.435 e. The highest BCUT2D eigenvalue weighted by Crippen LogP contribution is 2.25. The second kappa shape index (κ2) is 13.6. The molecule has 0 N–H and O–H groups in total. The predicted molar refractivity (Wildman–Crippen MR) is 158 cm³/mol. The van der Waals surface area contributed by atoms with Gasteiger partial charge in [-0.05, 0) is 61.5 Å². The molecule has 0 radical (unpaired) electrons. The van der Waals surface area contributed by atoms with E-state index >= 15 is 0 Å². The first-order chi connectivity index (χ1) is 19.3. The van der Waals surface area contributed by atoms with Crippen LogP contribution >= 0.6 is 28.3 Å². The molecule has 3 heterocycles. The van der Waals surface area contributed by atoms with Gasteiger partial charge in [-0.1, -0.05) is 6.07 Å². The molecule has 0 unspecified atom stereocenters. The van der Waals surface area contributed by atoms with Crippen LogP contribution in [0.3, 0.4) is 0 Å². The van der Waals surface area contributed by atoms with Crippen molar-refractivity contribution in [3.63, 3.8) is 0 Å². The third kappa shape index (κ3) is 7.32. The van der Waals surface area contributed by atoms with Crippen LogP contribution in [0.25, 0.3) is 11.3 Å². The first-order valence-electron chi connectivity index (χ1n) is 12.3. The van der Waals surface area contributed by atoms with Gasteiger partial charge in [0, 0.05) is 42.0 Å². The first-order valence-corrected chi connectivity index (χ1v) is 14.6. The van der Waals surface area contributed by atoms with Crippen LogP contribution in [0.2, 0.25) is 0 Å². The van der Waals surface area contributed by atoms with Crippen molar-refractivity contribution in [1.29, 1.82) is 0 Å². The maximum absolute atomic E-state index is 13.0. The molecule has 9 nitrogen and oxygen atoms in total. The summed E-state index contributed by atoms with van der Waals surface area (Å²) < 4.78 is 64.0. The third-order valence-corrected chi connectivity index (χ3v) is 8.79. The normalized spacial score (nSPS) is 15.1. The Morgan fingerprint density at radius 1 is 1.07 bits per heavy atom. The van der Waals surface area contributed by atoms with Crippen molar-refractivity contribution >= 4 is 49.7 Å². The second-order valence-electron chi connectivity index (χ2n) is 8.67. The average molecular weight is 667 g/mol. The minimum absolute atomic E-state index is 0. The maximum atomic E-state index is 13.0. The van der Waals surface area contributed by atoms with Crippen LogP contribution in [0.1, 0.15) is 12.5 Å². The van der Waals surface area contributed by atoms with E-state index < -0.39 is 16.6 Å². The van der Waals surface area contributed by atoms with E-state index in [4.69, 9.17) is 14.8 Å². The standard InChI is InChI=1S/C27H25F2N5O4S2.BrH/c1-19(21-3-2-12-30-17-21)32-34-25(20-4-8-23(9-5-20)38-26(28)29)18-39-27(34)31-22-6-10-24(11-7-22)40(35,36)33-13-15-37-16-14-33;/h2-12,17-18,26H,13-16H2,1H3;1H/b31-27?,32-19-;.